The number of hydrogen-bond donors (Lipinski definition) is 1. The molecule has 0 amide bonds. The maximum absolute atomic E-state index is 13.5. The Morgan fingerprint density at radius 3 is 2.62 bits per heavy atom. The average molecular weight is 356 g/mol. The molecule has 0 bridgehead atoms. The van der Waals surface area contributed by atoms with Gasteiger partial charge in [0.05, 0.1) is 4.92 Å². The van der Waals surface area contributed by atoms with Gasteiger partial charge in [0, 0.05) is 4.47 Å². The smallest absolute Gasteiger partial charge is 0.346 e. The molecule has 2 aromatic rings. The summed E-state index contributed by atoms with van der Waals surface area (Å²) < 4.78 is 19.2. The summed E-state index contributed by atoms with van der Waals surface area (Å²) in [7, 11) is 0. The van der Waals surface area contributed by atoms with E-state index in [1.165, 1.54) is 30.3 Å². The van der Waals surface area contributed by atoms with Crippen molar-refractivity contribution in [3.63, 3.8) is 0 Å². The lowest BCUT2D eigenvalue weighted by molar-refractivity contribution is -0.388. The predicted octanol–water partition coefficient (Wildman–Crippen LogP) is 3.99. The minimum absolute atomic E-state index is 0.134. The second-order valence-electron chi connectivity index (χ2n) is 3.89. The largest absolute Gasteiger partial charge is 0.478 e. The number of aromatic carboxylic acids is 1. The zero-order valence-corrected chi connectivity index (χ0v) is 11.8. The Labute approximate surface area is 126 Å². The molecule has 108 valence electrons. The highest BCUT2D eigenvalue weighted by molar-refractivity contribution is 9.10. The second kappa shape index (κ2) is 5.88. The molecule has 21 heavy (non-hydrogen) atoms. The molecular formula is C13H7BrFNO5. The number of halogens is 2. The lowest BCUT2D eigenvalue weighted by Crippen LogP contribution is -2.02. The van der Waals surface area contributed by atoms with Gasteiger partial charge in [-0.2, -0.15) is 4.39 Å². The van der Waals surface area contributed by atoms with Crippen molar-refractivity contribution in [3.05, 3.63) is 62.4 Å². The molecule has 0 radical (unpaired) electrons. The predicted molar refractivity (Wildman–Crippen MR) is 74.2 cm³/mol. The number of carboxylic acids is 1. The van der Waals surface area contributed by atoms with Crippen LogP contribution in [0.25, 0.3) is 0 Å². The summed E-state index contributed by atoms with van der Waals surface area (Å²) in [5, 5.41) is 19.9. The van der Waals surface area contributed by atoms with Crippen LogP contribution in [0.15, 0.2) is 40.9 Å². The van der Waals surface area contributed by atoms with Gasteiger partial charge in [-0.25, -0.2) is 4.79 Å². The number of hydrogen-bond acceptors (Lipinski definition) is 4. The number of carbonyl (C=O) groups is 1. The van der Waals surface area contributed by atoms with Crippen molar-refractivity contribution in [1.82, 2.24) is 0 Å². The van der Waals surface area contributed by atoms with Crippen LogP contribution >= 0.6 is 15.9 Å². The van der Waals surface area contributed by atoms with E-state index in [4.69, 9.17) is 9.84 Å². The van der Waals surface area contributed by atoms with Crippen LogP contribution in [0.1, 0.15) is 10.4 Å². The summed E-state index contributed by atoms with van der Waals surface area (Å²) in [5.74, 6) is -2.84. The van der Waals surface area contributed by atoms with Gasteiger partial charge in [-0.15, -0.1) is 0 Å². The number of benzene rings is 2. The lowest BCUT2D eigenvalue weighted by atomic mass is 10.2. The van der Waals surface area contributed by atoms with Gasteiger partial charge in [0.2, 0.25) is 11.6 Å². The van der Waals surface area contributed by atoms with Gasteiger partial charge in [0.15, 0.2) is 0 Å². The van der Waals surface area contributed by atoms with Crippen LogP contribution in [-0.4, -0.2) is 16.0 Å². The molecule has 2 aromatic carbocycles. The summed E-state index contributed by atoms with van der Waals surface area (Å²) in [4.78, 5) is 21.1. The fourth-order valence-corrected chi connectivity index (χ4v) is 1.97. The van der Waals surface area contributed by atoms with E-state index in [0.717, 1.165) is 6.07 Å². The van der Waals surface area contributed by atoms with Gasteiger partial charge in [0.1, 0.15) is 11.3 Å². The Balaban J connectivity index is 2.53. The fourth-order valence-electron chi connectivity index (χ4n) is 1.63. The molecule has 0 saturated heterocycles. The molecule has 0 saturated carbocycles. The number of para-hydroxylation sites is 1. The molecule has 0 heterocycles. The maximum Gasteiger partial charge on any atom is 0.346 e. The first-order valence-electron chi connectivity index (χ1n) is 5.53. The van der Waals surface area contributed by atoms with E-state index in [2.05, 4.69) is 15.9 Å². The number of nitro groups is 1. The van der Waals surface area contributed by atoms with E-state index < -0.39 is 22.4 Å². The number of carboxylic acid groups (broad SMARTS) is 1. The highest BCUT2D eigenvalue weighted by Gasteiger charge is 2.23. The lowest BCUT2D eigenvalue weighted by Gasteiger charge is -2.09. The van der Waals surface area contributed by atoms with Crippen LogP contribution < -0.4 is 4.74 Å². The second-order valence-corrected chi connectivity index (χ2v) is 4.81. The monoisotopic (exact) mass is 355 g/mol. The first-order valence-corrected chi connectivity index (χ1v) is 6.33. The fraction of sp³-hybridized carbons (Fsp3) is 0. The summed E-state index contributed by atoms with van der Waals surface area (Å²) >= 11 is 3.14. The third kappa shape index (κ3) is 3.16. The van der Waals surface area contributed by atoms with Crippen LogP contribution in [0.4, 0.5) is 10.1 Å². The molecule has 0 spiro atoms. The molecule has 0 aromatic heterocycles. The Morgan fingerprint density at radius 1 is 1.29 bits per heavy atom. The third-order valence-corrected chi connectivity index (χ3v) is 3.02. The topological polar surface area (TPSA) is 89.7 Å². The van der Waals surface area contributed by atoms with Crippen molar-refractivity contribution in [2.24, 2.45) is 0 Å². The molecule has 0 atom stereocenters. The highest BCUT2D eigenvalue weighted by Crippen LogP contribution is 2.35. The van der Waals surface area contributed by atoms with Gasteiger partial charge in [0.25, 0.3) is 0 Å². The van der Waals surface area contributed by atoms with Gasteiger partial charge in [-0.05, 0) is 30.3 Å². The van der Waals surface area contributed by atoms with E-state index in [1.54, 1.807) is 0 Å². The summed E-state index contributed by atoms with van der Waals surface area (Å²) in [6.45, 7) is 0. The average Bonchev–Trinajstić information content (AvgIpc) is 2.37. The first kappa shape index (κ1) is 14.9. The normalized spacial score (nSPS) is 10.2. The number of ether oxygens (including phenoxy) is 1. The molecular weight excluding hydrogens is 349 g/mol. The van der Waals surface area contributed by atoms with Crippen molar-refractivity contribution >= 4 is 27.6 Å². The molecule has 6 nitrogen and oxygen atoms in total. The van der Waals surface area contributed by atoms with Gasteiger partial charge in [-0.1, -0.05) is 22.0 Å². The van der Waals surface area contributed by atoms with Crippen LogP contribution in [0.2, 0.25) is 0 Å². The zero-order valence-electron chi connectivity index (χ0n) is 10.2. The Hall–Kier alpha value is -2.48. The van der Waals surface area contributed by atoms with E-state index in [0.29, 0.717) is 4.47 Å². The van der Waals surface area contributed by atoms with E-state index in [9.17, 15) is 19.3 Å². The molecule has 8 heteroatoms. The summed E-state index contributed by atoms with van der Waals surface area (Å²) in [6, 6.07) is 7.43. The Kier molecular flexibility index (Phi) is 4.18. The molecule has 0 aliphatic rings. The molecule has 2 rings (SSSR count). The highest BCUT2D eigenvalue weighted by atomic mass is 79.9. The van der Waals surface area contributed by atoms with Gasteiger partial charge < -0.3 is 9.84 Å². The number of rotatable bonds is 4. The molecule has 0 unspecified atom stereocenters. The Bertz CT molecular complexity index is 734. The van der Waals surface area contributed by atoms with Gasteiger partial charge in [-0.3, -0.25) is 10.1 Å². The third-order valence-electron chi connectivity index (χ3n) is 2.53. The number of nitro benzene ring substituents is 1. The van der Waals surface area contributed by atoms with Gasteiger partial charge >= 0.3 is 11.7 Å². The van der Waals surface area contributed by atoms with Crippen LogP contribution in [-0.2, 0) is 0 Å². The van der Waals surface area contributed by atoms with Crippen LogP contribution in [0.5, 0.6) is 11.5 Å². The van der Waals surface area contributed by atoms with Crippen molar-refractivity contribution in [1.29, 1.82) is 0 Å². The van der Waals surface area contributed by atoms with Crippen molar-refractivity contribution < 1.29 is 24.0 Å². The Morgan fingerprint density at radius 2 is 2.00 bits per heavy atom. The summed E-state index contributed by atoms with van der Waals surface area (Å²) in [5.41, 5.74) is -1.05. The molecule has 0 fully saturated rings. The minimum Gasteiger partial charge on any atom is -0.478 e. The zero-order chi connectivity index (χ0) is 15.6. The van der Waals surface area contributed by atoms with E-state index >= 15 is 0 Å². The molecule has 0 aliphatic carbocycles. The van der Waals surface area contributed by atoms with Crippen LogP contribution in [0, 0.1) is 15.9 Å². The summed E-state index contributed by atoms with van der Waals surface area (Å²) in [6.07, 6.45) is 0. The molecule has 0 aliphatic heterocycles. The van der Waals surface area contributed by atoms with Crippen molar-refractivity contribution in [3.8, 4) is 11.5 Å². The molecule has 1 N–H and O–H groups in total. The van der Waals surface area contributed by atoms with E-state index in [1.807, 2.05) is 0 Å². The van der Waals surface area contributed by atoms with Crippen LogP contribution in [0.3, 0.4) is 0 Å². The minimum atomic E-state index is -1.27. The van der Waals surface area contributed by atoms with Crippen molar-refractivity contribution in [2.75, 3.05) is 0 Å². The first-order chi connectivity index (χ1) is 9.90. The van der Waals surface area contributed by atoms with E-state index in [-0.39, 0.29) is 17.1 Å². The SMILES string of the molecule is O=C(O)c1ccc(Br)cc1Oc1cccc(F)c1[N+](=O)[O-]. The quantitative estimate of drug-likeness (QED) is 0.661. The maximum atomic E-state index is 13.5. The number of nitrogens with zero attached hydrogens (tertiary/aromatic N) is 1. The standard InChI is InChI=1S/C13H7BrFNO5/c14-7-4-5-8(13(17)18)11(6-7)21-10-3-1-2-9(15)12(10)16(19)20/h1-6H,(H,17,18). The van der Waals surface area contributed by atoms with Crippen molar-refractivity contribution in [2.45, 2.75) is 0 Å².